The molecule has 0 radical (unpaired) electrons. The second kappa shape index (κ2) is 4.58. The minimum Gasteiger partial charge on any atom is -0.330 e. The average Bonchev–Trinajstić information content (AvgIpc) is 2.73. The van der Waals surface area contributed by atoms with Crippen molar-refractivity contribution in [1.82, 2.24) is 9.55 Å². The van der Waals surface area contributed by atoms with Crippen LogP contribution in [0.2, 0.25) is 0 Å². The maximum Gasteiger partial charge on any atom is 0.105 e. The zero-order valence-corrected chi connectivity index (χ0v) is 10.7. The Balaban J connectivity index is 2.02. The fourth-order valence-electron chi connectivity index (χ4n) is 3.03. The Hall–Kier alpha value is -1.61. The van der Waals surface area contributed by atoms with Crippen LogP contribution in [0.15, 0.2) is 36.7 Å². The number of benzene rings is 1. The summed E-state index contributed by atoms with van der Waals surface area (Å²) >= 11 is 0. The largest absolute Gasteiger partial charge is 0.330 e. The summed E-state index contributed by atoms with van der Waals surface area (Å²) < 4.78 is 2.23. The summed E-state index contributed by atoms with van der Waals surface area (Å²) in [6.07, 6.45) is 7.35. The first kappa shape index (κ1) is 11.5. The SMILES string of the molecule is Cc1nccn1C1CCCc2ccccc2C1N. The average molecular weight is 241 g/mol. The van der Waals surface area contributed by atoms with Gasteiger partial charge in [0.15, 0.2) is 0 Å². The molecule has 0 saturated heterocycles. The minimum absolute atomic E-state index is 0.0663. The minimum atomic E-state index is 0.0663. The van der Waals surface area contributed by atoms with E-state index in [9.17, 15) is 0 Å². The van der Waals surface area contributed by atoms with E-state index in [1.54, 1.807) is 0 Å². The lowest BCUT2D eigenvalue weighted by Gasteiger charge is -2.25. The topological polar surface area (TPSA) is 43.8 Å². The van der Waals surface area contributed by atoms with Gasteiger partial charge in [-0.3, -0.25) is 0 Å². The molecule has 18 heavy (non-hydrogen) atoms. The molecule has 2 atom stereocenters. The molecule has 0 spiro atoms. The van der Waals surface area contributed by atoms with Crippen molar-refractivity contribution in [2.45, 2.75) is 38.3 Å². The molecule has 1 heterocycles. The number of aryl methyl sites for hydroxylation is 2. The van der Waals surface area contributed by atoms with Crippen LogP contribution in [0.4, 0.5) is 0 Å². The van der Waals surface area contributed by atoms with Crippen LogP contribution >= 0.6 is 0 Å². The fraction of sp³-hybridized carbons (Fsp3) is 0.400. The number of nitrogens with zero attached hydrogens (tertiary/aromatic N) is 2. The number of hydrogen-bond donors (Lipinski definition) is 1. The lowest BCUT2D eigenvalue weighted by Crippen LogP contribution is -2.24. The Morgan fingerprint density at radius 2 is 2.17 bits per heavy atom. The highest BCUT2D eigenvalue weighted by molar-refractivity contribution is 5.32. The summed E-state index contributed by atoms with van der Waals surface area (Å²) in [6, 6.07) is 8.96. The smallest absolute Gasteiger partial charge is 0.105 e. The standard InChI is InChI=1S/C15H19N3/c1-11-17-9-10-18(11)14-8-4-6-12-5-2-3-7-13(12)15(14)16/h2-3,5,7,9-10,14-15H,4,6,8,16H2,1H3. The van der Waals surface area contributed by atoms with Crippen LogP contribution in [0.1, 0.15) is 41.9 Å². The number of nitrogens with two attached hydrogens (primary N) is 1. The van der Waals surface area contributed by atoms with Gasteiger partial charge in [-0.05, 0) is 37.3 Å². The lowest BCUT2D eigenvalue weighted by molar-refractivity contribution is 0.387. The van der Waals surface area contributed by atoms with Crippen LogP contribution in [0.25, 0.3) is 0 Å². The molecule has 0 amide bonds. The van der Waals surface area contributed by atoms with E-state index in [1.807, 2.05) is 19.3 Å². The van der Waals surface area contributed by atoms with Crippen LogP contribution in [-0.2, 0) is 6.42 Å². The van der Waals surface area contributed by atoms with Crippen molar-refractivity contribution in [1.29, 1.82) is 0 Å². The normalized spacial score (nSPS) is 23.4. The van der Waals surface area contributed by atoms with Gasteiger partial charge >= 0.3 is 0 Å². The highest BCUT2D eigenvalue weighted by atomic mass is 15.1. The van der Waals surface area contributed by atoms with Crippen molar-refractivity contribution in [3.8, 4) is 0 Å². The molecule has 1 aromatic heterocycles. The Kier molecular flexibility index (Phi) is 2.92. The van der Waals surface area contributed by atoms with Gasteiger partial charge in [0.2, 0.25) is 0 Å². The number of fused-ring (bicyclic) bond motifs is 1. The molecule has 3 rings (SSSR count). The van der Waals surface area contributed by atoms with Gasteiger partial charge in [-0.25, -0.2) is 4.98 Å². The van der Waals surface area contributed by atoms with Crippen molar-refractivity contribution in [2.24, 2.45) is 5.73 Å². The van der Waals surface area contributed by atoms with Crippen molar-refractivity contribution in [3.63, 3.8) is 0 Å². The third-order valence-corrected chi connectivity index (χ3v) is 3.99. The van der Waals surface area contributed by atoms with E-state index in [-0.39, 0.29) is 6.04 Å². The van der Waals surface area contributed by atoms with Crippen molar-refractivity contribution in [3.05, 3.63) is 53.6 Å². The van der Waals surface area contributed by atoms with E-state index in [1.165, 1.54) is 17.5 Å². The Morgan fingerprint density at radius 3 is 2.94 bits per heavy atom. The van der Waals surface area contributed by atoms with Gasteiger partial charge in [-0.1, -0.05) is 24.3 Å². The molecule has 94 valence electrons. The molecule has 0 fully saturated rings. The summed E-state index contributed by atoms with van der Waals surface area (Å²) in [5.41, 5.74) is 9.21. The number of imidazole rings is 1. The van der Waals surface area contributed by atoms with Gasteiger partial charge in [0.25, 0.3) is 0 Å². The van der Waals surface area contributed by atoms with Gasteiger partial charge in [0, 0.05) is 12.4 Å². The number of hydrogen-bond acceptors (Lipinski definition) is 2. The lowest BCUT2D eigenvalue weighted by atomic mass is 9.97. The quantitative estimate of drug-likeness (QED) is 0.780. The third-order valence-electron chi connectivity index (χ3n) is 3.99. The number of aromatic nitrogens is 2. The Bertz CT molecular complexity index is 544. The second-order valence-corrected chi connectivity index (χ2v) is 5.07. The first-order chi connectivity index (χ1) is 8.77. The zero-order chi connectivity index (χ0) is 12.5. The van der Waals surface area contributed by atoms with Gasteiger partial charge in [-0.15, -0.1) is 0 Å². The molecule has 0 saturated carbocycles. The molecule has 3 nitrogen and oxygen atoms in total. The molecular weight excluding hydrogens is 222 g/mol. The van der Waals surface area contributed by atoms with E-state index in [0.717, 1.165) is 18.7 Å². The van der Waals surface area contributed by atoms with Crippen LogP contribution in [-0.4, -0.2) is 9.55 Å². The van der Waals surface area contributed by atoms with Crippen LogP contribution in [0.3, 0.4) is 0 Å². The maximum atomic E-state index is 6.50. The van der Waals surface area contributed by atoms with Crippen LogP contribution in [0.5, 0.6) is 0 Å². The monoisotopic (exact) mass is 241 g/mol. The van der Waals surface area contributed by atoms with E-state index in [4.69, 9.17) is 5.73 Å². The molecular formula is C15H19N3. The molecule has 0 aliphatic heterocycles. The van der Waals surface area contributed by atoms with Crippen molar-refractivity contribution < 1.29 is 0 Å². The molecule has 3 heteroatoms. The highest BCUT2D eigenvalue weighted by Crippen LogP contribution is 2.35. The predicted molar refractivity (Wildman–Crippen MR) is 72.3 cm³/mol. The molecule has 1 aliphatic carbocycles. The molecule has 2 N–H and O–H groups in total. The number of rotatable bonds is 1. The van der Waals surface area contributed by atoms with Crippen LogP contribution in [0, 0.1) is 6.92 Å². The molecule has 1 aromatic carbocycles. The van der Waals surface area contributed by atoms with E-state index >= 15 is 0 Å². The zero-order valence-electron chi connectivity index (χ0n) is 10.7. The summed E-state index contributed by atoms with van der Waals surface area (Å²) in [4.78, 5) is 4.32. The summed E-state index contributed by atoms with van der Waals surface area (Å²) in [5.74, 6) is 1.05. The Labute approximate surface area is 108 Å². The fourth-order valence-corrected chi connectivity index (χ4v) is 3.03. The predicted octanol–water partition coefficient (Wildman–Crippen LogP) is 2.77. The van der Waals surface area contributed by atoms with Gasteiger partial charge in [-0.2, -0.15) is 0 Å². The summed E-state index contributed by atoms with van der Waals surface area (Å²) in [6.45, 7) is 2.05. The highest BCUT2D eigenvalue weighted by Gasteiger charge is 2.26. The van der Waals surface area contributed by atoms with Gasteiger partial charge in [0.05, 0.1) is 12.1 Å². The van der Waals surface area contributed by atoms with E-state index in [2.05, 4.69) is 33.8 Å². The van der Waals surface area contributed by atoms with E-state index in [0.29, 0.717) is 6.04 Å². The first-order valence-electron chi connectivity index (χ1n) is 6.60. The van der Waals surface area contributed by atoms with E-state index < -0.39 is 0 Å². The van der Waals surface area contributed by atoms with Crippen molar-refractivity contribution in [2.75, 3.05) is 0 Å². The van der Waals surface area contributed by atoms with Gasteiger partial charge in [0.1, 0.15) is 5.82 Å². The summed E-state index contributed by atoms with van der Waals surface area (Å²) in [7, 11) is 0. The Morgan fingerprint density at radius 1 is 1.33 bits per heavy atom. The molecule has 2 aromatic rings. The first-order valence-corrected chi connectivity index (χ1v) is 6.60. The van der Waals surface area contributed by atoms with Crippen LogP contribution < -0.4 is 5.73 Å². The molecule has 0 bridgehead atoms. The van der Waals surface area contributed by atoms with Crippen molar-refractivity contribution >= 4 is 0 Å². The molecule has 1 aliphatic rings. The third kappa shape index (κ3) is 1.85. The molecule has 2 unspecified atom stereocenters. The summed E-state index contributed by atoms with van der Waals surface area (Å²) in [5, 5.41) is 0. The maximum absolute atomic E-state index is 6.50. The second-order valence-electron chi connectivity index (χ2n) is 5.07. The van der Waals surface area contributed by atoms with Gasteiger partial charge < -0.3 is 10.3 Å².